The molecule has 20 heavy (non-hydrogen) atoms. The number of hydrogen-bond donors (Lipinski definition) is 1. The summed E-state index contributed by atoms with van der Waals surface area (Å²) >= 11 is 6.65. The Morgan fingerprint density at radius 3 is 2.45 bits per heavy atom. The number of halogens is 2. The highest BCUT2D eigenvalue weighted by atomic mass is 79.9. The summed E-state index contributed by atoms with van der Waals surface area (Å²) in [5.41, 5.74) is 3.06. The van der Waals surface area contributed by atoms with Gasteiger partial charge in [0.15, 0.2) is 0 Å². The van der Waals surface area contributed by atoms with Crippen molar-refractivity contribution < 1.29 is 5.11 Å². The first-order valence-electron chi connectivity index (χ1n) is 5.88. The number of nitriles is 1. The molecule has 2 aromatic rings. The molecule has 2 rings (SSSR count). The molecule has 0 amide bonds. The van der Waals surface area contributed by atoms with Gasteiger partial charge in [-0.1, -0.05) is 45.8 Å². The Kier molecular flexibility index (Phi) is 4.64. The average molecular weight is 393 g/mol. The maximum absolute atomic E-state index is 10.0. The van der Waals surface area contributed by atoms with E-state index in [4.69, 9.17) is 0 Å². The molecular formula is C16H11Br2NO. The van der Waals surface area contributed by atoms with Crippen LogP contribution in [0.2, 0.25) is 0 Å². The molecule has 0 aliphatic heterocycles. The summed E-state index contributed by atoms with van der Waals surface area (Å²) in [7, 11) is 0. The number of aryl methyl sites for hydroxylation is 1. The van der Waals surface area contributed by atoms with Crippen molar-refractivity contribution in [2.45, 2.75) is 6.92 Å². The van der Waals surface area contributed by atoms with E-state index in [1.165, 1.54) is 0 Å². The second-order valence-electron chi connectivity index (χ2n) is 4.36. The molecule has 100 valence electrons. The summed E-state index contributed by atoms with van der Waals surface area (Å²) in [6, 6.07) is 13.4. The van der Waals surface area contributed by atoms with Crippen LogP contribution in [0.3, 0.4) is 0 Å². The molecule has 0 saturated heterocycles. The van der Waals surface area contributed by atoms with Crippen molar-refractivity contribution in [3.8, 4) is 11.8 Å². The topological polar surface area (TPSA) is 44.0 Å². The van der Waals surface area contributed by atoms with Gasteiger partial charge in [-0.3, -0.25) is 0 Å². The predicted molar refractivity (Wildman–Crippen MR) is 88.2 cm³/mol. The molecule has 0 atom stereocenters. The van der Waals surface area contributed by atoms with E-state index in [1.54, 1.807) is 18.2 Å². The minimum atomic E-state index is 0.119. The van der Waals surface area contributed by atoms with Crippen molar-refractivity contribution in [2.75, 3.05) is 0 Å². The Morgan fingerprint density at radius 1 is 1.20 bits per heavy atom. The molecule has 2 aromatic carbocycles. The van der Waals surface area contributed by atoms with E-state index in [0.29, 0.717) is 15.6 Å². The van der Waals surface area contributed by atoms with Crippen LogP contribution in [0.1, 0.15) is 16.7 Å². The Morgan fingerprint density at radius 2 is 1.85 bits per heavy atom. The van der Waals surface area contributed by atoms with Crippen molar-refractivity contribution in [1.82, 2.24) is 0 Å². The summed E-state index contributed by atoms with van der Waals surface area (Å²) in [5, 5.41) is 19.4. The normalized spacial score (nSPS) is 11.2. The second kappa shape index (κ2) is 6.25. The average Bonchev–Trinajstić information content (AvgIpc) is 2.42. The molecule has 0 radical (unpaired) electrons. The van der Waals surface area contributed by atoms with Crippen LogP contribution in [0.4, 0.5) is 0 Å². The number of rotatable bonds is 2. The summed E-state index contributed by atoms with van der Waals surface area (Å²) in [4.78, 5) is 0. The van der Waals surface area contributed by atoms with Gasteiger partial charge in [0.05, 0.1) is 16.1 Å². The Hall–Kier alpha value is -1.57. The molecule has 4 heteroatoms. The molecular weight excluding hydrogens is 382 g/mol. The van der Waals surface area contributed by atoms with Gasteiger partial charge in [0.25, 0.3) is 0 Å². The van der Waals surface area contributed by atoms with Gasteiger partial charge < -0.3 is 5.11 Å². The first-order valence-corrected chi connectivity index (χ1v) is 7.46. The molecule has 0 heterocycles. The van der Waals surface area contributed by atoms with Crippen molar-refractivity contribution >= 4 is 43.5 Å². The number of aromatic hydroxyl groups is 1. The Balaban J connectivity index is 2.52. The molecule has 0 aromatic heterocycles. The zero-order valence-corrected chi connectivity index (χ0v) is 13.9. The van der Waals surface area contributed by atoms with Crippen LogP contribution < -0.4 is 0 Å². The SMILES string of the molecule is Cc1ccc(/C(C#N)=C/c2cc(Br)cc(Br)c2O)cc1. The summed E-state index contributed by atoms with van der Waals surface area (Å²) in [5.74, 6) is 0.119. The fourth-order valence-electron chi connectivity index (χ4n) is 1.76. The van der Waals surface area contributed by atoms with Gasteiger partial charge >= 0.3 is 0 Å². The molecule has 0 aliphatic carbocycles. The molecule has 2 nitrogen and oxygen atoms in total. The highest BCUT2D eigenvalue weighted by Gasteiger charge is 2.08. The maximum atomic E-state index is 10.0. The first kappa shape index (κ1) is 14.8. The van der Waals surface area contributed by atoms with Crippen molar-refractivity contribution in [3.05, 3.63) is 62.0 Å². The number of nitrogens with zero attached hydrogens (tertiary/aromatic N) is 1. The largest absolute Gasteiger partial charge is 0.506 e. The smallest absolute Gasteiger partial charge is 0.137 e. The Labute approximate surface area is 134 Å². The van der Waals surface area contributed by atoms with E-state index < -0.39 is 0 Å². The zero-order chi connectivity index (χ0) is 14.7. The quantitative estimate of drug-likeness (QED) is 0.557. The third-order valence-corrected chi connectivity index (χ3v) is 3.90. The fraction of sp³-hybridized carbons (Fsp3) is 0.0625. The third-order valence-electron chi connectivity index (χ3n) is 2.84. The fourth-order valence-corrected chi connectivity index (χ4v) is 3.02. The van der Waals surface area contributed by atoms with Gasteiger partial charge in [0.2, 0.25) is 0 Å². The lowest BCUT2D eigenvalue weighted by molar-refractivity contribution is 0.470. The molecule has 0 saturated carbocycles. The van der Waals surface area contributed by atoms with Crippen LogP contribution in [-0.2, 0) is 0 Å². The van der Waals surface area contributed by atoms with Gasteiger partial charge in [0, 0.05) is 10.0 Å². The lowest BCUT2D eigenvalue weighted by Crippen LogP contribution is -1.84. The van der Waals surface area contributed by atoms with Crippen molar-refractivity contribution in [1.29, 1.82) is 5.26 Å². The van der Waals surface area contributed by atoms with E-state index >= 15 is 0 Å². The highest BCUT2D eigenvalue weighted by Crippen LogP contribution is 2.34. The minimum Gasteiger partial charge on any atom is -0.506 e. The van der Waals surface area contributed by atoms with Crippen LogP contribution in [0.5, 0.6) is 5.75 Å². The van der Waals surface area contributed by atoms with Gasteiger partial charge in [0.1, 0.15) is 5.75 Å². The highest BCUT2D eigenvalue weighted by molar-refractivity contribution is 9.11. The molecule has 1 N–H and O–H groups in total. The van der Waals surface area contributed by atoms with E-state index in [9.17, 15) is 10.4 Å². The van der Waals surface area contributed by atoms with Gasteiger partial charge in [-0.25, -0.2) is 0 Å². The minimum absolute atomic E-state index is 0.119. The lowest BCUT2D eigenvalue weighted by atomic mass is 10.0. The second-order valence-corrected chi connectivity index (χ2v) is 6.13. The van der Waals surface area contributed by atoms with Gasteiger partial charge in [-0.15, -0.1) is 0 Å². The molecule has 0 spiro atoms. The predicted octanol–water partition coefficient (Wildman–Crippen LogP) is 5.29. The first-order chi connectivity index (χ1) is 9.51. The van der Waals surface area contributed by atoms with Crippen LogP contribution in [0.15, 0.2) is 45.3 Å². The number of allylic oxidation sites excluding steroid dienone is 1. The molecule has 0 fully saturated rings. The molecule has 0 aliphatic rings. The number of benzene rings is 2. The zero-order valence-electron chi connectivity index (χ0n) is 10.7. The van der Waals surface area contributed by atoms with Crippen molar-refractivity contribution in [3.63, 3.8) is 0 Å². The summed E-state index contributed by atoms with van der Waals surface area (Å²) in [6.45, 7) is 2.00. The van der Waals surface area contributed by atoms with E-state index in [2.05, 4.69) is 37.9 Å². The lowest BCUT2D eigenvalue weighted by Gasteiger charge is -2.05. The standard InChI is InChI=1S/C16H11Br2NO/c1-10-2-4-11(5-3-10)13(9-19)6-12-7-14(17)8-15(18)16(12)20/h2-8,20H,1H3/b13-6+. The summed E-state index contributed by atoms with van der Waals surface area (Å²) in [6.07, 6.45) is 1.68. The van der Waals surface area contributed by atoms with Crippen molar-refractivity contribution in [2.24, 2.45) is 0 Å². The van der Waals surface area contributed by atoms with Crippen LogP contribution in [0.25, 0.3) is 11.6 Å². The van der Waals surface area contributed by atoms with Crippen LogP contribution in [-0.4, -0.2) is 5.11 Å². The summed E-state index contributed by atoms with van der Waals surface area (Å²) < 4.78 is 1.41. The number of phenolic OH excluding ortho intramolecular Hbond substituents is 1. The van der Waals surface area contributed by atoms with Gasteiger partial charge in [-0.05, 0) is 46.6 Å². The maximum Gasteiger partial charge on any atom is 0.137 e. The Bertz CT molecular complexity index is 712. The number of hydrogen-bond acceptors (Lipinski definition) is 2. The van der Waals surface area contributed by atoms with E-state index in [-0.39, 0.29) is 5.75 Å². The van der Waals surface area contributed by atoms with Gasteiger partial charge in [-0.2, -0.15) is 5.26 Å². The molecule has 0 bridgehead atoms. The third kappa shape index (κ3) is 3.30. The van der Waals surface area contributed by atoms with E-state index in [1.807, 2.05) is 31.2 Å². The monoisotopic (exact) mass is 391 g/mol. The number of phenols is 1. The van der Waals surface area contributed by atoms with Crippen LogP contribution in [0, 0.1) is 18.3 Å². The van der Waals surface area contributed by atoms with Crippen LogP contribution >= 0.6 is 31.9 Å². The molecule has 0 unspecified atom stereocenters. The van der Waals surface area contributed by atoms with E-state index in [0.717, 1.165) is 15.6 Å².